The van der Waals surface area contributed by atoms with Gasteiger partial charge in [0, 0.05) is 5.57 Å². The summed E-state index contributed by atoms with van der Waals surface area (Å²) in [6.45, 7) is 7.58. The Labute approximate surface area is 86.2 Å². The van der Waals surface area contributed by atoms with Crippen molar-refractivity contribution in [2.75, 3.05) is 0 Å². The maximum absolute atomic E-state index is 10.5. The smallest absolute Gasteiger partial charge is 0.151 e. The molecule has 0 aliphatic carbocycles. The van der Waals surface area contributed by atoms with Crippen molar-refractivity contribution in [2.45, 2.75) is 27.7 Å². The monoisotopic (exact) mass is 191 g/mol. The van der Waals surface area contributed by atoms with Crippen LogP contribution in [0.2, 0.25) is 0 Å². The Morgan fingerprint density at radius 3 is 2.14 bits per heavy atom. The first-order valence-corrected chi connectivity index (χ1v) is 4.65. The quantitative estimate of drug-likeness (QED) is 0.297. The molecule has 0 N–H and O–H groups in total. The second-order valence-electron chi connectivity index (χ2n) is 2.08. The molecule has 0 atom stereocenters. The van der Waals surface area contributed by atoms with Crippen LogP contribution in [-0.2, 0) is 4.79 Å². The molecule has 0 bridgehead atoms. The minimum atomic E-state index is 0.406. The van der Waals surface area contributed by atoms with Gasteiger partial charge in [-0.25, -0.2) is 0 Å². The van der Waals surface area contributed by atoms with E-state index in [2.05, 4.69) is 0 Å². The molecular formula is C12H17NO. The lowest BCUT2D eigenvalue weighted by atomic mass is 10.1. The zero-order valence-corrected chi connectivity index (χ0v) is 9.24. The molecule has 0 radical (unpaired) electrons. The predicted octanol–water partition coefficient (Wildman–Crippen LogP) is 3.18. The van der Waals surface area contributed by atoms with Gasteiger partial charge in [-0.1, -0.05) is 38.2 Å². The zero-order chi connectivity index (χ0) is 11.4. The van der Waals surface area contributed by atoms with Gasteiger partial charge < -0.3 is 0 Å². The van der Waals surface area contributed by atoms with E-state index in [0.717, 1.165) is 0 Å². The normalized spacial score (nSPS) is 11.6. The van der Waals surface area contributed by atoms with E-state index in [4.69, 9.17) is 5.26 Å². The molecule has 0 amide bonds. The Kier molecular flexibility index (Phi) is 12.1. The van der Waals surface area contributed by atoms with Crippen molar-refractivity contribution in [3.05, 3.63) is 35.5 Å². The molecule has 2 nitrogen and oxygen atoms in total. The van der Waals surface area contributed by atoms with E-state index in [1.54, 1.807) is 31.2 Å². The van der Waals surface area contributed by atoms with Gasteiger partial charge in [-0.15, -0.1) is 0 Å². The van der Waals surface area contributed by atoms with Crippen LogP contribution in [0.5, 0.6) is 0 Å². The lowest BCUT2D eigenvalue weighted by molar-refractivity contribution is -0.104. The maximum Gasteiger partial charge on any atom is 0.151 e. The third-order valence-electron chi connectivity index (χ3n) is 1.32. The summed E-state index contributed by atoms with van der Waals surface area (Å²) in [6, 6.07) is 1.94. The number of carbonyl (C=O) groups is 1. The number of aldehydes is 1. The van der Waals surface area contributed by atoms with Gasteiger partial charge in [0.05, 0.1) is 11.6 Å². The Balaban J connectivity index is 0. The summed E-state index contributed by atoms with van der Waals surface area (Å²) >= 11 is 0. The summed E-state index contributed by atoms with van der Waals surface area (Å²) in [4.78, 5) is 10.5. The number of hydrogen-bond donors (Lipinski definition) is 0. The number of nitrogens with zero attached hydrogens (tertiary/aromatic N) is 1. The molecule has 0 saturated heterocycles. The van der Waals surface area contributed by atoms with Gasteiger partial charge in [-0.05, 0) is 13.8 Å². The standard InChI is InChI=1S/C10H11NO.C2H6/c1-3-5-6-10(8-12)9(4-2)7-11;1-2/h3-6,8H,1-2H3;1-2H3/b5-3-,9-4-,10-6-;. The fourth-order valence-electron chi connectivity index (χ4n) is 0.688. The highest BCUT2D eigenvalue weighted by Crippen LogP contribution is 2.05. The first kappa shape index (κ1) is 14.9. The lowest BCUT2D eigenvalue weighted by Gasteiger charge is -1.92. The van der Waals surface area contributed by atoms with Crippen LogP contribution in [0.15, 0.2) is 35.5 Å². The molecule has 0 heterocycles. The van der Waals surface area contributed by atoms with Crippen LogP contribution in [-0.4, -0.2) is 6.29 Å². The minimum absolute atomic E-state index is 0.406. The summed E-state index contributed by atoms with van der Waals surface area (Å²) in [6.07, 6.45) is 7.44. The highest BCUT2D eigenvalue weighted by atomic mass is 16.1. The molecule has 0 aromatic rings. The Morgan fingerprint density at radius 2 is 1.86 bits per heavy atom. The molecule has 0 unspecified atom stereocenters. The molecule has 14 heavy (non-hydrogen) atoms. The first-order chi connectivity index (χ1) is 6.79. The molecule has 0 spiro atoms. The summed E-state index contributed by atoms with van der Waals surface area (Å²) in [5.41, 5.74) is 0.821. The van der Waals surface area contributed by atoms with Gasteiger partial charge in [-0.3, -0.25) is 4.79 Å². The van der Waals surface area contributed by atoms with Gasteiger partial charge in [0.25, 0.3) is 0 Å². The first-order valence-electron chi connectivity index (χ1n) is 4.65. The van der Waals surface area contributed by atoms with Crippen LogP contribution < -0.4 is 0 Å². The summed E-state index contributed by atoms with van der Waals surface area (Å²) < 4.78 is 0. The van der Waals surface area contributed by atoms with E-state index in [0.29, 0.717) is 17.4 Å². The van der Waals surface area contributed by atoms with E-state index >= 15 is 0 Å². The second-order valence-corrected chi connectivity index (χ2v) is 2.08. The topological polar surface area (TPSA) is 40.9 Å². The summed E-state index contributed by atoms with van der Waals surface area (Å²) in [7, 11) is 0. The average Bonchev–Trinajstić information content (AvgIpc) is 2.27. The second kappa shape index (κ2) is 11.4. The SMILES string of the molecule is CC.C\C=C/C=C(C=O)\C(C#N)=C/C. The zero-order valence-electron chi connectivity index (χ0n) is 9.24. The van der Waals surface area contributed by atoms with E-state index in [9.17, 15) is 4.79 Å². The van der Waals surface area contributed by atoms with Crippen molar-refractivity contribution in [1.29, 1.82) is 5.26 Å². The third-order valence-corrected chi connectivity index (χ3v) is 1.32. The van der Waals surface area contributed by atoms with Gasteiger partial charge in [0.15, 0.2) is 6.29 Å². The van der Waals surface area contributed by atoms with Crippen LogP contribution in [0, 0.1) is 11.3 Å². The van der Waals surface area contributed by atoms with Gasteiger partial charge in [-0.2, -0.15) is 5.26 Å². The Hall–Kier alpha value is -1.62. The van der Waals surface area contributed by atoms with Crippen molar-refractivity contribution in [2.24, 2.45) is 0 Å². The third kappa shape index (κ3) is 5.96. The van der Waals surface area contributed by atoms with E-state index < -0.39 is 0 Å². The highest BCUT2D eigenvalue weighted by molar-refractivity contribution is 5.82. The molecule has 0 fully saturated rings. The average molecular weight is 191 g/mol. The largest absolute Gasteiger partial charge is 0.298 e. The van der Waals surface area contributed by atoms with Crippen molar-refractivity contribution in [3.8, 4) is 6.07 Å². The maximum atomic E-state index is 10.5. The van der Waals surface area contributed by atoms with Gasteiger partial charge in [0.1, 0.15) is 0 Å². The van der Waals surface area contributed by atoms with Crippen molar-refractivity contribution < 1.29 is 4.79 Å². The predicted molar refractivity (Wildman–Crippen MR) is 59.7 cm³/mol. The fourth-order valence-corrected chi connectivity index (χ4v) is 0.688. The molecule has 0 saturated carbocycles. The van der Waals surface area contributed by atoms with E-state index in [-0.39, 0.29) is 0 Å². The molecule has 0 rings (SSSR count). The van der Waals surface area contributed by atoms with Gasteiger partial charge >= 0.3 is 0 Å². The van der Waals surface area contributed by atoms with Crippen LogP contribution in [0.25, 0.3) is 0 Å². The number of allylic oxidation sites excluding steroid dienone is 6. The number of carbonyl (C=O) groups excluding carboxylic acids is 1. The summed E-state index contributed by atoms with van der Waals surface area (Å²) in [5.74, 6) is 0. The molecule has 2 heteroatoms. The van der Waals surface area contributed by atoms with Crippen LogP contribution in [0.3, 0.4) is 0 Å². The number of hydrogen-bond acceptors (Lipinski definition) is 2. The van der Waals surface area contributed by atoms with Crippen LogP contribution >= 0.6 is 0 Å². The molecular weight excluding hydrogens is 174 g/mol. The Bertz CT molecular complexity index is 277. The molecule has 0 aromatic heterocycles. The Morgan fingerprint density at radius 1 is 1.29 bits per heavy atom. The molecule has 0 aliphatic heterocycles. The molecule has 0 aliphatic rings. The number of rotatable bonds is 3. The van der Waals surface area contributed by atoms with E-state index in [1.807, 2.05) is 26.8 Å². The van der Waals surface area contributed by atoms with Crippen molar-refractivity contribution >= 4 is 6.29 Å². The van der Waals surface area contributed by atoms with Crippen LogP contribution in [0.4, 0.5) is 0 Å². The number of nitriles is 1. The lowest BCUT2D eigenvalue weighted by Crippen LogP contribution is -1.87. The highest BCUT2D eigenvalue weighted by Gasteiger charge is 1.98. The summed E-state index contributed by atoms with van der Waals surface area (Å²) in [5, 5.41) is 8.58. The van der Waals surface area contributed by atoms with Gasteiger partial charge in [0.2, 0.25) is 0 Å². The molecule has 0 aromatic carbocycles. The fraction of sp³-hybridized carbons (Fsp3) is 0.333. The minimum Gasteiger partial charge on any atom is -0.298 e. The van der Waals surface area contributed by atoms with E-state index in [1.165, 1.54) is 0 Å². The van der Waals surface area contributed by atoms with Crippen LogP contribution in [0.1, 0.15) is 27.7 Å². The molecule has 76 valence electrons. The van der Waals surface area contributed by atoms with Crippen molar-refractivity contribution in [3.63, 3.8) is 0 Å². The van der Waals surface area contributed by atoms with Crippen molar-refractivity contribution in [1.82, 2.24) is 0 Å².